The van der Waals surface area contributed by atoms with Crippen LogP contribution in [0.25, 0.3) is 16.9 Å². The molecule has 2 aromatic carbocycles. The quantitative estimate of drug-likeness (QED) is 0.416. The van der Waals surface area contributed by atoms with Crippen LogP contribution in [-0.4, -0.2) is 47.6 Å². The number of nitrogens with zero attached hydrogens (tertiary/aromatic N) is 3. The molecule has 1 aliphatic heterocycles. The largest absolute Gasteiger partial charge is 0.474 e. The molecule has 0 atom stereocenters. The summed E-state index contributed by atoms with van der Waals surface area (Å²) in [5.41, 5.74) is 3.43. The lowest BCUT2D eigenvalue weighted by molar-refractivity contribution is 0.0950. The maximum atomic E-state index is 12.7. The van der Waals surface area contributed by atoms with Gasteiger partial charge in [0.05, 0.1) is 24.5 Å². The highest BCUT2D eigenvalue weighted by molar-refractivity contribution is 5.94. The number of carbonyl (C=O) groups excluding carboxylic acids is 1. The highest BCUT2D eigenvalue weighted by Gasteiger charge is 2.20. The monoisotopic (exact) mass is 446 g/mol. The fourth-order valence-electron chi connectivity index (χ4n) is 3.56. The third-order valence-electron chi connectivity index (χ3n) is 5.18. The molecule has 0 radical (unpaired) electrons. The van der Waals surface area contributed by atoms with Gasteiger partial charge in [-0.3, -0.25) is 4.79 Å². The first-order valence-electron chi connectivity index (χ1n) is 10.5. The van der Waals surface area contributed by atoms with E-state index in [2.05, 4.69) is 10.4 Å². The summed E-state index contributed by atoms with van der Waals surface area (Å²) in [6.07, 6.45) is 0. The number of methoxy groups -OCH3 is 1. The molecule has 1 N–H and O–H groups in total. The van der Waals surface area contributed by atoms with Crippen LogP contribution in [0.4, 0.5) is 0 Å². The van der Waals surface area contributed by atoms with Crippen LogP contribution >= 0.6 is 0 Å². The summed E-state index contributed by atoms with van der Waals surface area (Å²) in [6, 6.07) is 18.3. The summed E-state index contributed by atoms with van der Waals surface area (Å²) in [5.74, 6) is 1.59. The Balaban J connectivity index is 1.51. The van der Waals surface area contributed by atoms with E-state index >= 15 is 0 Å². The SMILES string of the molecule is COCCOc1ccc2nc(-c3ccc4c(c3)OCO4)c(CNC(=O)c3ccccc3)n2n1. The van der Waals surface area contributed by atoms with E-state index in [-0.39, 0.29) is 19.2 Å². The fourth-order valence-corrected chi connectivity index (χ4v) is 3.56. The Hall–Kier alpha value is -4.11. The molecular formula is C24H22N4O5. The Morgan fingerprint density at radius 2 is 1.91 bits per heavy atom. The van der Waals surface area contributed by atoms with E-state index in [1.54, 1.807) is 29.8 Å². The van der Waals surface area contributed by atoms with Crippen molar-refractivity contribution < 1.29 is 23.7 Å². The van der Waals surface area contributed by atoms with Gasteiger partial charge in [0.25, 0.3) is 5.91 Å². The first-order chi connectivity index (χ1) is 16.2. The lowest BCUT2D eigenvalue weighted by Crippen LogP contribution is -2.24. The van der Waals surface area contributed by atoms with Crippen molar-refractivity contribution in [3.8, 4) is 28.6 Å². The predicted molar refractivity (Wildman–Crippen MR) is 120 cm³/mol. The van der Waals surface area contributed by atoms with Gasteiger partial charge in [-0.15, -0.1) is 5.10 Å². The minimum absolute atomic E-state index is 0.185. The van der Waals surface area contributed by atoms with E-state index in [1.165, 1.54) is 0 Å². The highest BCUT2D eigenvalue weighted by atomic mass is 16.7. The van der Waals surface area contributed by atoms with Crippen molar-refractivity contribution in [2.45, 2.75) is 6.54 Å². The standard InChI is InChI=1S/C24H22N4O5/c1-30-11-12-31-22-10-9-21-26-23(17-7-8-19-20(13-17)33-15-32-19)18(28(21)27-22)14-25-24(29)16-5-3-2-4-6-16/h2-10,13H,11-12,14-15H2,1H3,(H,25,29). The minimum Gasteiger partial charge on any atom is -0.474 e. The Morgan fingerprint density at radius 1 is 1.06 bits per heavy atom. The third kappa shape index (κ3) is 4.31. The summed E-state index contributed by atoms with van der Waals surface area (Å²) in [5, 5.41) is 7.56. The average Bonchev–Trinajstić information content (AvgIpc) is 3.47. The molecule has 1 aliphatic rings. The van der Waals surface area contributed by atoms with Gasteiger partial charge in [-0.25, -0.2) is 9.50 Å². The number of hydrogen-bond donors (Lipinski definition) is 1. The lowest BCUT2D eigenvalue weighted by Gasteiger charge is -2.09. The molecule has 0 saturated carbocycles. The van der Waals surface area contributed by atoms with Crippen molar-refractivity contribution in [3.05, 3.63) is 71.9 Å². The van der Waals surface area contributed by atoms with Crippen molar-refractivity contribution in [1.82, 2.24) is 19.9 Å². The van der Waals surface area contributed by atoms with Gasteiger partial charge in [-0.2, -0.15) is 0 Å². The number of fused-ring (bicyclic) bond motifs is 2. The van der Waals surface area contributed by atoms with Crippen LogP contribution in [0.3, 0.4) is 0 Å². The first kappa shape index (κ1) is 20.8. The highest BCUT2D eigenvalue weighted by Crippen LogP contribution is 2.36. The molecule has 0 saturated heterocycles. The zero-order valence-corrected chi connectivity index (χ0v) is 18.0. The Morgan fingerprint density at radius 3 is 2.76 bits per heavy atom. The van der Waals surface area contributed by atoms with Crippen molar-refractivity contribution in [2.24, 2.45) is 0 Å². The average molecular weight is 446 g/mol. The molecule has 5 rings (SSSR count). The second-order valence-electron chi connectivity index (χ2n) is 7.31. The maximum Gasteiger partial charge on any atom is 0.251 e. The fraction of sp³-hybridized carbons (Fsp3) is 0.208. The predicted octanol–water partition coefficient (Wildman–Crippen LogP) is 3.08. The van der Waals surface area contributed by atoms with Gasteiger partial charge in [0.15, 0.2) is 17.1 Å². The molecule has 168 valence electrons. The number of amides is 1. The van der Waals surface area contributed by atoms with Crippen molar-refractivity contribution in [2.75, 3.05) is 27.1 Å². The van der Waals surface area contributed by atoms with Crippen LogP contribution in [0.1, 0.15) is 16.1 Å². The van der Waals surface area contributed by atoms with Gasteiger partial charge in [0.1, 0.15) is 6.61 Å². The number of imidazole rings is 1. The van der Waals surface area contributed by atoms with Gasteiger partial charge in [-0.05, 0) is 36.4 Å². The molecule has 0 fully saturated rings. The number of ether oxygens (including phenoxy) is 4. The van der Waals surface area contributed by atoms with Crippen molar-refractivity contribution in [1.29, 1.82) is 0 Å². The molecule has 1 amide bonds. The van der Waals surface area contributed by atoms with Gasteiger partial charge in [0.2, 0.25) is 12.7 Å². The molecule has 33 heavy (non-hydrogen) atoms. The van der Waals surface area contributed by atoms with Crippen LogP contribution in [0.2, 0.25) is 0 Å². The molecule has 0 unspecified atom stereocenters. The number of hydrogen-bond acceptors (Lipinski definition) is 7. The summed E-state index contributed by atoms with van der Waals surface area (Å²) < 4.78 is 23.4. The van der Waals surface area contributed by atoms with Crippen LogP contribution in [0, 0.1) is 0 Å². The van der Waals surface area contributed by atoms with E-state index < -0.39 is 0 Å². The van der Waals surface area contributed by atoms with E-state index in [4.69, 9.17) is 23.9 Å². The van der Waals surface area contributed by atoms with Crippen LogP contribution in [0.15, 0.2) is 60.7 Å². The van der Waals surface area contributed by atoms with Gasteiger partial charge < -0.3 is 24.3 Å². The van der Waals surface area contributed by atoms with Gasteiger partial charge in [0, 0.05) is 24.3 Å². The summed E-state index contributed by atoms with van der Waals surface area (Å²) in [4.78, 5) is 17.5. The molecule has 0 spiro atoms. The number of aromatic nitrogens is 3. The molecular weight excluding hydrogens is 424 g/mol. The van der Waals surface area contributed by atoms with E-state index in [0.29, 0.717) is 53.2 Å². The molecule has 4 aromatic rings. The Kier molecular flexibility index (Phi) is 5.77. The van der Waals surface area contributed by atoms with Crippen molar-refractivity contribution >= 4 is 11.6 Å². The molecule has 3 heterocycles. The zero-order valence-electron chi connectivity index (χ0n) is 18.0. The second kappa shape index (κ2) is 9.17. The number of nitrogens with one attached hydrogen (secondary N) is 1. The van der Waals surface area contributed by atoms with E-state index in [0.717, 1.165) is 5.56 Å². The van der Waals surface area contributed by atoms with E-state index in [1.807, 2.05) is 42.5 Å². The number of rotatable bonds is 8. The van der Waals surface area contributed by atoms with Gasteiger partial charge >= 0.3 is 0 Å². The first-order valence-corrected chi connectivity index (χ1v) is 10.5. The van der Waals surface area contributed by atoms with E-state index in [9.17, 15) is 4.79 Å². The third-order valence-corrected chi connectivity index (χ3v) is 5.18. The summed E-state index contributed by atoms with van der Waals surface area (Å²) in [6.45, 7) is 1.23. The number of benzene rings is 2. The lowest BCUT2D eigenvalue weighted by atomic mass is 10.1. The van der Waals surface area contributed by atoms with Crippen LogP contribution in [-0.2, 0) is 11.3 Å². The normalized spacial score (nSPS) is 12.2. The van der Waals surface area contributed by atoms with Crippen molar-refractivity contribution in [3.63, 3.8) is 0 Å². The second-order valence-corrected chi connectivity index (χ2v) is 7.31. The molecule has 2 aromatic heterocycles. The molecule has 9 nitrogen and oxygen atoms in total. The maximum absolute atomic E-state index is 12.7. The zero-order chi connectivity index (χ0) is 22.6. The molecule has 0 bridgehead atoms. The van der Waals surface area contributed by atoms with Gasteiger partial charge in [-0.1, -0.05) is 18.2 Å². The topological polar surface area (TPSA) is 96.2 Å². The number of carbonyl (C=O) groups is 1. The Labute approximate surface area is 189 Å². The minimum atomic E-state index is -0.185. The molecule has 9 heteroatoms. The molecule has 0 aliphatic carbocycles. The Bertz CT molecular complexity index is 1290. The summed E-state index contributed by atoms with van der Waals surface area (Å²) >= 11 is 0. The van der Waals surface area contributed by atoms with Crippen LogP contribution in [0.5, 0.6) is 17.4 Å². The van der Waals surface area contributed by atoms with Crippen LogP contribution < -0.4 is 19.5 Å². The smallest absolute Gasteiger partial charge is 0.251 e. The summed E-state index contributed by atoms with van der Waals surface area (Å²) in [7, 11) is 1.61.